The van der Waals surface area contributed by atoms with Crippen molar-refractivity contribution in [1.82, 2.24) is 10.3 Å². The third-order valence-corrected chi connectivity index (χ3v) is 2.81. The molecule has 1 aromatic heterocycles. The standard InChI is InChI=1S/C14H14N2O2/c1-2-11(9-17)16-14(18)13-12-6-4-3-5-10(12)7-8-15-13/h3-9,11H,2H2,1H3,(H,16,18). The highest BCUT2D eigenvalue weighted by Gasteiger charge is 2.14. The lowest BCUT2D eigenvalue weighted by atomic mass is 10.1. The number of nitrogens with one attached hydrogen (secondary N) is 1. The van der Waals surface area contributed by atoms with Crippen molar-refractivity contribution in [2.24, 2.45) is 0 Å². The molecule has 0 radical (unpaired) electrons. The molecule has 18 heavy (non-hydrogen) atoms. The number of benzene rings is 1. The van der Waals surface area contributed by atoms with Crippen LogP contribution in [-0.2, 0) is 4.79 Å². The summed E-state index contributed by atoms with van der Waals surface area (Å²) in [6, 6.07) is 8.92. The van der Waals surface area contributed by atoms with E-state index in [1.165, 1.54) is 0 Å². The summed E-state index contributed by atoms with van der Waals surface area (Å²) < 4.78 is 0. The Balaban J connectivity index is 2.36. The molecule has 0 aliphatic rings. The number of hydrogen-bond donors (Lipinski definition) is 1. The molecule has 2 aromatic rings. The van der Waals surface area contributed by atoms with Gasteiger partial charge in [0.1, 0.15) is 12.0 Å². The fraction of sp³-hybridized carbons (Fsp3) is 0.214. The summed E-state index contributed by atoms with van der Waals surface area (Å²) in [5, 5.41) is 4.40. The van der Waals surface area contributed by atoms with E-state index in [2.05, 4.69) is 10.3 Å². The van der Waals surface area contributed by atoms with E-state index >= 15 is 0 Å². The molecular weight excluding hydrogens is 228 g/mol. The topological polar surface area (TPSA) is 59.1 Å². The lowest BCUT2D eigenvalue weighted by Crippen LogP contribution is -2.35. The molecule has 1 aromatic carbocycles. The first-order valence-corrected chi connectivity index (χ1v) is 5.86. The summed E-state index contributed by atoms with van der Waals surface area (Å²) in [5.41, 5.74) is 0.355. The predicted molar refractivity (Wildman–Crippen MR) is 69.4 cm³/mol. The first kappa shape index (κ1) is 12.2. The van der Waals surface area contributed by atoms with Crippen LogP contribution in [0.15, 0.2) is 36.5 Å². The monoisotopic (exact) mass is 242 g/mol. The van der Waals surface area contributed by atoms with Crippen molar-refractivity contribution in [1.29, 1.82) is 0 Å². The van der Waals surface area contributed by atoms with Crippen molar-refractivity contribution < 1.29 is 9.59 Å². The molecule has 2 rings (SSSR count). The summed E-state index contributed by atoms with van der Waals surface area (Å²) in [5.74, 6) is -0.314. The fourth-order valence-corrected chi connectivity index (χ4v) is 1.77. The van der Waals surface area contributed by atoms with Gasteiger partial charge in [-0.25, -0.2) is 0 Å². The molecular formula is C14H14N2O2. The Labute approximate surface area is 105 Å². The lowest BCUT2D eigenvalue weighted by molar-refractivity contribution is -0.109. The molecule has 1 heterocycles. The molecule has 1 amide bonds. The van der Waals surface area contributed by atoms with Gasteiger partial charge in [-0.1, -0.05) is 31.2 Å². The number of aldehydes is 1. The Morgan fingerprint density at radius 3 is 2.89 bits per heavy atom. The van der Waals surface area contributed by atoms with Gasteiger partial charge in [-0.3, -0.25) is 9.78 Å². The second kappa shape index (κ2) is 5.40. The van der Waals surface area contributed by atoms with E-state index in [4.69, 9.17) is 0 Å². The van der Waals surface area contributed by atoms with Crippen molar-refractivity contribution in [2.75, 3.05) is 0 Å². The quantitative estimate of drug-likeness (QED) is 0.833. The molecule has 0 aliphatic carbocycles. The van der Waals surface area contributed by atoms with Crippen LogP contribution in [0.2, 0.25) is 0 Å². The smallest absolute Gasteiger partial charge is 0.271 e. The van der Waals surface area contributed by atoms with E-state index in [-0.39, 0.29) is 5.91 Å². The minimum absolute atomic E-state index is 0.314. The summed E-state index contributed by atoms with van der Waals surface area (Å²) in [7, 11) is 0. The van der Waals surface area contributed by atoms with Crippen LogP contribution in [0.5, 0.6) is 0 Å². The third kappa shape index (κ3) is 2.37. The Hall–Kier alpha value is -2.23. The van der Waals surface area contributed by atoms with Gasteiger partial charge in [-0.05, 0) is 17.9 Å². The molecule has 92 valence electrons. The molecule has 1 N–H and O–H groups in total. The predicted octanol–water partition coefficient (Wildman–Crippen LogP) is 1.94. The van der Waals surface area contributed by atoms with Gasteiger partial charge in [0, 0.05) is 11.6 Å². The molecule has 1 unspecified atom stereocenters. The van der Waals surface area contributed by atoms with Gasteiger partial charge in [0.05, 0.1) is 6.04 Å². The zero-order valence-electron chi connectivity index (χ0n) is 10.1. The van der Waals surface area contributed by atoms with E-state index in [1.807, 2.05) is 37.3 Å². The Morgan fingerprint density at radius 1 is 1.39 bits per heavy atom. The number of pyridine rings is 1. The van der Waals surface area contributed by atoms with Gasteiger partial charge in [-0.2, -0.15) is 0 Å². The van der Waals surface area contributed by atoms with Crippen molar-refractivity contribution in [2.45, 2.75) is 19.4 Å². The van der Waals surface area contributed by atoms with Crippen LogP contribution in [0.3, 0.4) is 0 Å². The summed E-state index contributed by atoms with van der Waals surface area (Å²) >= 11 is 0. The van der Waals surface area contributed by atoms with Crippen molar-refractivity contribution in [3.05, 3.63) is 42.2 Å². The van der Waals surface area contributed by atoms with E-state index in [1.54, 1.807) is 6.20 Å². The van der Waals surface area contributed by atoms with Crippen LogP contribution in [-0.4, -0.2) is 23.2 Å². The van der Waals surface area contributed by atoms with Crippen molar-refractivity contribution >= 4 is 23.0 Å². The SMILES string of the molecule is CCC(C=O)NC(=O)c1nccc2ccccc12. The van der Waals surface area contributed by atoms with Gasteiger partial charge in [0.2, 0.25) is 0 Å². The largest absolute Gasteiger partial charge is 0.341 e. The van der Waals surface area contributed by atoms with E-state index < -0.39 is 6.04 Å². The number of amides is 1. The third-order valence-electron chi connectivity index (χ3n) is 2.81. The first-order chi connectivity index (χ1) is 8.76. The maximum absolute atomic E-state index is 12.1. The average molecular weight is 242 g/mol. The summed E-state index contributed by atoms with van der Waals surface area (Å²) in [6.45, 7) is 1.84. The molecule has 0 bridgehead atoms. The Kier molecular flexibility index (Phi) is 3.67. The maximum Gasteiger partial charge on any atom is 0.271 e. The second-order valence-electron chi connectivity index (χ2n) is 4.00. The Bertz CT molecular complexity index is 576. The number of nitrogens with zero attached hydrogens (tertiary/aromatic N) is 1. The molecule has 4 nitrogen and oxygen atoms in total. The van der Waals surface area contributed by atoms with Gasteiger partial charge in [-0.15, -0.1) is 0 Å². The molecule has 0 saturated heterocycles. The molecule has 1 atom stereocenters. The molecule has 0 aliphatic heterocycles. The van der Waals surface area contributed by atoms with Gasteiger partial charge in [0.15, 0.2) is 0 Å². The average Bonchev–Trinajstić information content (AvgIpc) is 2.43. The van der Waals surface area contributed by atoms with E-state index in [0.29, 0.717) is 12.1 Å². The zero-order valence-corrected chi connectivity index (χ0v) is 10.1. The van der Waals surface area contributed by atoms with Crippen LogP contribution in [0.25, 0.3) is 10.8 Å². The highest BCUT2D eigenvalue weighted by Crippen LogP contribution is 2.16. The van der Waals surface area contributed by atoms with Gasteiger partial charge >= 0.3 is 0 Å². The summed E-state index contributed by atoms with van der Waals surface area (Å²) in [4.78, 5) is 26.9. The first-order valence-electron chi connectivity index (χ1n) is 5.86. The second-order valence-corrected chi connectivity index (χ2v) is 4.00. The molecule has 0 saturated carbocycles. The highest BCUT2D eigenvalue weighted by atomic mass is 16.2. The molecule has 0 spiro atoms. The van der Waals surface area contributed by atoms with Crippen molar-refractivity contribution in [3.8, 4) is 0 Å². The molecule has 4 heteroatoms. The number of rotatable bonds is 4. The normalized spacial score (nSPS) is 12.1. The van der Waals surface area contributed by atoms with E-state index in [9.17, 15) is 9.59 Å². The maximum atomic E-state index is 12.1. The van der Waals surface area contributed by atoms with Crippen LogP contribution < -0.4 is 5.32 Å². The van der Waals surface area contributed by atoms with E-state index in [0.717, 1.165) is 17.1 Å². The van der Waals surface area contributed by atoms with Gasteiger partial charge in [0.25, 0.3) is 5.91 Å². The van der Waals surface area contributed by atoms with Crippen molar-refractivity contribution in [3.63, 3.8) is 0 Å². The minimum Gasteiger partial charge on any atom is -0.341 e. The fourth-order valence-electron chi connectivity index (χ4n) is 1.77. The minimum atomic E-state index is -0.460. The number of aromatic nitrogens is 1. The van der Waals surface area contributed by atoms with Crippen LogP contribution in [0.1, 0.15) is 23.8 Å². The number of carbonyl (C=O) groups excluding carboxylic acids is 2. The van der Waals surface area contributed by atoms with Gasteiger partial charge < -0.3 is 10.1 Å². The van der Waals surface area contributed by atoms with Crippen LogP contribution >= 0.6 is 0 Å². The summed E-state index contributed by atoms with van der Waals surface area (Å²) in [6.07, 6.45) is 2.90. The number of carbonyl (C=O) groups is 2. The number of fused-ring (bicyclic) bond motifs is 1. The Morgan fingerprint density at radius 2 is 2.17 bits per heavy atom. The molecule has 0 fully saturated rings. The zero-order chi connectivity index (χ0) is 13.0. The lowest BCUT2D eigenvalue weighted by Gasteiger charge is -2.11. The highest BCUT2D eigenvalue weighted by molar-refractivity contribution is 6.05. The number of hydrogen-bond acceptors (Lipinski definition) is 3. The van der Waals surface area contributed by atoms with Crippen LogP contribution in [0, 0.1) is 0 Å². The van der Waals surface area contributed by atoms with Crippen LogP contribution in [0.4, 0.5) is 0 Å².